The van der Waals surface area contributed by atoms with Crippen LogP contribution >= 0.6 is 11.6 Å². The highest BCUT2D eigenvalue weighted by Crippen LogP contribution is 2.41. The Hall–Kier alpha value is -2.94. The number of hydrogen-bond donors (Lipinski definition) is 1. The zero-order valence-electron chi connectivity index (χ0n) is 19.7. The van der Waals surface area contributed by atoms with E-state index in [2.05, 4.69) is 20.4 Å². The van der Waals surface area contributed by atoms with E-state index in [0.29, 0.717) is 34.7 Å². The van der Waals surface area contributed by atoms with Gasteiger partial charge in [0.15, 0.2) is 0 Å². The second-order valence-corrected chi connectivity index (χ2v) is 10.3. The molecule has 8 nitrogen and oxygen atoms in total. The molecule has 1 saturated heterocycles. The van der Waals surface area contributed by atoms with Gasteiger partial charge in [0.05, 0.1) is 19.0 Å². The molecule has 1 N–H and O–H groups in total. The van der Waals surface area contributed by atoms with E-state index in [1.54, 1.807) is 13.2 Å². The lowest BCUT2D eigenvalue weighted by Gasteiger charge is -2.39. The maximum Gasteiger partial charge on any atom is 0.242 e. The number of benzene rings is 1. The number of nitrogens with zero attached hydrogens (tertiary/aromatic N) is 6. The van der Waals surface area contributed by atoms with E-state index in [9.17, 15) is 4.39 Å². The Morgan fingerprint density at radius 3 is 2.69 bits per heavy atom. The summed E-state index contributed by atoms with van der Waals surface area (Å²) in [6.45, 7) is 2.72. The Balaban J connectivity index is 1.21. The summed E-state index contributed by atoms with van der Waals surface area (Å²) in [5.74, 6) is 2.77. The largest absolute Gasteiger partial charge is 0.480 e. The first-order chi connectivity index (χ1) is 17.1. The van der Waals surface area contributed by atoms with Crippen LogP contribution in [0.4, 0.5) is 16.0 Å². The molecule has 3 aromatic rings. The number of ether oxygens (including phenoxy) is 1. The molecule has 184 valence electrons. The molecular weight excluding hydrogens is 469 g/mol. The number of fused-ring (bicyclic) bond motifs is 3. The van der Waals surface area contributed by atoms with Gasteiger partial charge < -0.3 is 15.0 Å². The van der Waals surface area contributed by atoms with Crippen molar-refractivity contribution in [2.24, 2.45) is 11.8 Å². The van der Waals surface area contributed by atoms with Crippen LogP contribution in [-0.4, -0.2) is 51.2 Å². The van der Waals surface area contributed by atoms with Gasteiger partial charge in [-0.25, -0.2) is 9.07 Å². The van der Waals surface area contributed by atoms with Crippen molar-refractivity contribution in [2.45, 2.75) is 50.6 Å². The molecule has 0 spiro atoms. The lowest BCUT2D eigenvalue weighted by molar-refractivity contribution is 0.372. The minimum Gasteiger partial charge on any atom is -0.480 e. The molecule has 3 aliphatic rings. The highest BCUT2D eigenvalue weighted by atomic mass is 35.5. The van der Waals surface area contributed by atoms with Crippen LogP contribution in [0.25, 0.3) is 0 Å². The minimum atomic E-state index is -0.313. The Kier molecular flexibility index (Phi) is 5.96. The van der Waals surface area contributed by atoms with Crippen molar-refractivity contribution in [1.82, 2.24) is 25.0 Å². The second-order valence-electron chi connectivity index (χ2n) is 9.90. The number of halogens is 2. The van der Waals surface area contributed by atoms with Crippen LogP contribution in [0.5, 0.6) is 5.88 Å². The number of nitrogens with one attached hydrogen (secondary N) is 1. The Bertz CT molecular complexity index is 1190. The maximum absolute atomic E-state index is 14.1. The van der Waals surface area contributed by atoms with Crippen molar-refractivity contribution in [3.05, 3.63) is 52.7 Å². The molecule has 1 saturated carbocycles. The zero-order chi connectivity index (χ0) is 23.9. The van der Waals surface area contributed by atoms with Crippen LogP contribution in [0.15, 0.2) is 30.5 Å². The van der Waals surface area contributed by atoms with Gasteiger partial charge >= 0.3 is 0 Å². The van der Waals surface area contributed by atoms with E-state index in [4.69, 9.17) is 26.4 Å². The summed E-state index contributed by atoms with van der Waals surface area (Å²) in [6.07, 6.45) is 7.14. The number of hydrogen-bond acceptors (Lipinski definition) is 7. The van der Waals surface area contributed by atoms with E-state index >= 15 is 0 Å². The van der Waals surface area contributed by atoms with Gasteiger partial charge in [-0.3, -0.25) is 0 Å². The van der Waals surface area contributed by atoms with Crippen molar-refractivity contribution in [3.8, 4) is 5.88 Å². The molecule has 0 radical (unpaired) electrons. The number of methoxy groups -OCH3 is 1. The van der Waals surface area contributed by atoms with Gasteiger partial charge in [0.2, 0.25) is 11.8 Å². The van der Waals surface area contributed by atoms with E-state index in [-0.39, 0.29) is 11.7 Å². The molecule has 2 aliphatic heterocycles. The quantitative estimate of drug-likeness (QED) is 0.555. The van der Waals surface area contributed by atoms with Crippen LogP contribution < -0.4 is 15.0 Å². The molecule has 1 aliphatic carbocycles. The lowest BCUT2D eigenvalue weighted by Crippen LogP contribution is -2.48. The van der Waals surface area contributed by atoms with Crippen molar-refractivity contribution in [3.63, 3.8) is 0 Å². The Labute approximate surface area is 208 Å². The number of piperidine rings is 1. The Morgan fingerprint density at radius 2 is 1.91 bits per heavy atom. The average molecular weight is 498 g/mol. The normalized spacial score (nSPS) is 25.7. The maximum atomic E-state index is 14.1. The van der Waals surface area contributed by atoms with Crippen LogP contribution in [0.2, 0.25) is 5.02 Å². The molecular formula is C25H29ClFN7O. The standard InChI is InChI=1S/C25H29ClFN7O/c1-35-22-11-20(12-28-31-22)33-13-15-5-6-16(14-33)23(15)29-25-30-24-21(4-2-3-7-34(24)32-25)17-8-18(26)10-19(27)9-17/h8-12,15-16,21,23H,2-7,13-14H2,1H3,(H,29,32)/t15-,16+,21-,23-/m1/s1. The van der Waals surface area contributed by atoms with Gasteiger partial charge in [0, 0.05) is 42.7 Å². The summed E-state index contributed by atoms with van der Waals surface area (Å²) < 4.78 is 21.4. The van der Waals surface area contributed by atoms with Crippen molar-refractivity contribution < 1.29 is 9.13 Å². The zero-order valence-corrected chi connectivity index (χ0v) is 20.5. The molecule has 2 fully saturated rings. The number of anilines is 2. The number of aromatic nitrogens is 5. The minimum absolute atomic E-state index is 0.0125. The highest BCUT2D eigenvalue weighted by Gasteiger charge is 2.43. The summed E-state index contributed by atoms with van der Waals surface area (Å²) in [5.41, 5.74) is 1.92. The fourth-order valence-corrected chi connectivity index (χ4v) is 6.33. The summed E-state index contributed by atoms with van der Waals surface area (Å²) in [5, 5.41) is 17.0. The number of aryl methyl sites for hydroxylation is 1. The van der Waals surface area contributed by atoms with E-state index in [1.807, 2.05) is 23.0 Å². The summed E-state index contributed by atoms with van der Waals surface area (Å²) in [4.78, 5) is 7.33. The van der Waals surface area contributed by atoms with Gasteiger partial charge in [-0.2, -0.15) is 10.1 Å². The molecule has 4 atom stereocenters. The van der Waals surface area contributed by atoms with Gasteiger partial charge in [-0.15, -0.1) is 10.2 Å². The fraction of sp³-hybridized carbons (Fsp3) is 0.520. The van der Waals surface area contributed by atoms with E-state index < -0.39 is 0 Å². The third-order valence-electron chi connectivity index (χ3n) is 7.73. The SMILES string of the molecule is COc1cc(N2C[C@H]3CC[C@@H](C2)[C@@H]3Nc2nc3n(n2)CCCC[C@@H]3c2cc(F)cc(Cl)c2)cnn1. The predicted octanol–water partition coefficient (Wildman–Crippen LogP) is 4.51. The van der Waals surface area contributed by atoms with Crippen LogP contribution in [-0.2, 0) is 6.54 Å². The molecule has 0 unspecified atom stereocenters. The molecule has 6 rings (SSSR count). The Morgan fingerprint density at radius 1 is 1.09 bits per heavy atom. The first-order valence-electron chi connectivity index (χ1n) is 12.4. The van der Waals surface area contributed by atoms with Crippen molar-refractivity contribution in [2.75, 3.05) is 30.4 Å². The predicted molar refractivity (Wildman–Crippen MR) is 132 cm³/mol. The molecule has 2 aromatic heterocycles. The summed E-state index contributed by atoms with van der Waals surface area (Å²) in [7, 11) is 1.61. The van der Waals surface area contributed by atoms with Crippen LogP contribution in [0.1, 0.15) is 49.4 Å². The molecule has 2 bridgehead atoms. The monoisotopic (exact) mass is 497 g/mol. The summed E-state index contributed by atoms with van der Waals surface area (Å²) >= 11 is 6.17. The molecule has 1 aromatic carbocycles. The second kappa shape index (κ2) is 9.26. The average Bonchev–Trinajstić information content (AvgIpc) is 3.25. The van der Waals surface area contributed by atoms with Crippen molar-refractivity contribution in [1.29, 1.82) is 0 Å². The van der Waals surface area contributed by atoms with Crippen molar-refractivity contribution >= 4 is 23.2 Å². The highest BCUT2D eigenvalue weighted by molar-refractivity contribution is 6.30. The fourth-order valence-electron chi connectivity index (χ4n) is 6.10. The lowest BCUT2D eigenvalue weighted by atomic mass is 9.92. The third-order valence-corrected chi connectivity index (χ3v) is 7.95. The number of rotatable bonds is 5. The first kappa shape index (κ1) is 22.5. The molecule has 4 heterocycles. The smallest absolute Gasteiger partial charge is 0.242 e. The molecule has 10 heteroatoms. The van der Waals surface area contributed by atoms with E-state index in [1.165, 1.54) is 18.9 Å². The first-order valence-corrected chi connectivity index (χ1v) is 12.7. The van der Waals surface area contributed by atoms with Gasteiger partial charge in [0.25, 0.3) is 0 Å². The third kappa shape index (κ3) is 4.42. The van der Waals surface area contributed by atoms with Crippen LogP contribution in [0.3, 0.4) is 0 Å². The van der Waals surface area contributed by atoms with Gasteiger partial charge in [-0.05, 0) is 61.3 Å². The van der Waals surface area contributed by atoms with Gasteiger partial charge in [-0.1, -0.05) is 18.0 Å². The van der Waals surface area contributed by atoms with Crippen LogP contribution in [0, 0.1) is 17.7 Å². The van der Waals surface area contributed by atoms with E-state index in [0.717, 1.165) is 56.0 Å². The van der Waals surface area contributed by atoms with Gasteiger partial charge in [0.1, 0.15) is 11.6 Å². The summed E-state index contributed by atoms with van der Waals surface area (Å²) in [6, 6.07) is 7.06. The topological polar surface area (TPSA) is 81.0 Å². The molecule has 0 amide bonds. The molecule has 35 heavy (non-hydrogen) atoms.